The summed E-state index contributed by atoms with van der Waals surface area (Å²) in [5, 5.41) is 2.02. The van der Waals surface area contributed by atoms with Crippen LogP contribution in [0.3, 0.4) is 0 Å². The number of nitrogens with one attached hydrogen (secondary N) is 1. The monoisotopic (exact) mass is 245 g/mol. The number of thioether (sulfide) groups is 1. The molecule has 0 fully saturated rings. The standard InChI is InChI=1S/C13H15N3S/c1-8(2)17-13(15-3)11-7-9-5-4-6-10(14)12(9)16-11/h4-7,16H,1,14H2,2-3H3. The number of aromatic nitrogens is 1. The molecule has 1 aromatic heterocycles. The first-order valence-corrected chi connectivity index (χ1v) is 6.11. The second kappa shape index (κ2) is 4.67. The maximum Gasteiger partial charge on any atom is 0.118 e. The van der Waals surface area contributed by atoms with Crippen molar-refractivity contribution in [3.05, 3.63) is 41.4 Å². The van der Waals surface area contributed by atoms with E-state index in [-0.39, 0.29) is 0 Å². The first kappa shape index (κ1) is 11.8. The SMILES string of the molecule is C=C(C)SC(=NC)c1cc2cccc(N)c2[nH]1. The second-order valence-electron chi connectivity index (χ2n) is 3.83. The van der Waals surface area contributed by atoms with Crippen LogP contribution in [0.4, 0.5) is 5.69 Å². The van der Waals surface area contributed by atoms with Crippen molar-refractivity contribution in [2.75, 3.05) is 12.8 Å². The Morgan fingerprint density at radius 1 is 1.47 bits per heavy atom. The molecule has 0 spiro atoms. The smallest absolute Gasteiger partial charge is 0.118 e. The summed E-state index contributed by atoms with van der Waals surface area (Å²) in [6.45, 7) is 5.85. The quantitative estimate of drug-likeness (QED) is 0.484. The van der Waals surface area contributed by atoms with Crippen molar-refractivity contribution in [3.63, 3.8) is 0 Å². The number of benzene rings is 1. The highest BCUT2D eigenvalue weighted by molar-refractivity contribution is 8.17. The van der Waals surface area contributed by atoms with E-state index in [9.17, 15) is 0 Å². The number of nitrogen functional groups attached to an aromatic ring is 1. The predicted octanol–water partition coefficient (Wildman–Crippen LogP) is 3.39. The molecule has 0 radical (unpaired) electrons. The van der Waals surface area contributed by atoms with Crippen molar-refractivity contribution in [2.24, 2.45) is 4.99 Å². The summed E-state index contributed by atoms with van der Waals surface area (Å²) < 4.78 is 0. The molecule has 3 N–H and O–H groups in total. The molecule has 0 bridgehead atoms. The summed E-state index contributed by atoms with van der Waals surface area (Å²) in [5.74, 6) is 0. The molecular formula is C13H15N3S. The van der Waals surface area contributed by atoms with Crippen LogP contribution in [0.1, 0.15) is 12.6 Å². The maximum absolute atomic E-state index is 5.92. The highest BCUT2D eigenvalue weighted by Gasteiger charge is 2.09. The van der Waals surface area contributed by atoms with E-state index in [1.165, 1.54) is 0 Å². The van der Waals surface area contributed by atoms with Gasteiger partial charge in [0.15, 0.2) is 0 Å². The van der Waals surface area contributed by atoms with Crippen LogP contribution in [0.5, 0.6) is 0 Å². The summed E-state index contributed by atoms with van der Waals surface area (Å²) >= 11 is 1.56. The van der Waals surface area contributed by atoms with Gasteiger partial charge in [0.2, 0.25) is 0 Å². The van der Waals surface area contributed by atoms with Gasteiger partial charge >= 0.3 is 0 Å². The average Bonchev–Trinajstić information content (AvgIpc) is 2.70. The number of hydrogen-bond donors (Lipinski definition) is 2. The molecule has 0 aliphatic heterocycles. The molecule has 0 unspecified atom stereocenters. The zero-order valence-electron chi connectivity index (χ0n) is 9.95. The minimum atomic E-state index is 0.754. The van der Waals surface area contributed by atoms with E-state index < -0.39 is 0 Å². The normalized spacial score (nSPS) is 12.0. The van der Waals surface area contributed by atoms with E-state index >= 15 is 0 Å². The molecular weight excluding hydrogens is 230 g/mol. The Hall–Kier alpha value is -1.68. The average molecular weight is 245 g/mol. The molecule has 0 aliphatic carbocycles. The van der Waals surface area contributed by atoms with Crippen LogP contribution in [0.25, 0.3) is 10.9 Å². The first-order chi connectivity index (χ1) is 8.11. The molecule has 2 aromatic rings. The number of H-pyrrole nitrogens is 1. The summed E-state index contributed by atoms with van der Waals surface area (Å²) in [4.78, 5) is 8.58. The molecule has 17 heavy (non-hydrogen) atoms. The van der Waals surface area contributed by atoms with Crippen LogP contribution >= 0.6 is 11.8 Å². The number of aliphatic imine (C=N–C) groups is 1. The number of hydrogen-bond acceptors (Lipinski definition) is 3. The fourth-order valence-electron chi connectivity index (χ4n) is 1.68. The largest absolute Gasteiger partial charge is 0.397 e. The fourth-order valence-corrected chi connectivity index (χ4v) is 2.32. The van der Waals surface area contributed by atoms with Crippen molar-refractivity contribution in [3.8, 4) is 0 Å². The predicted molar refractivity (Wildman–Crippen MR) is 77.6 cm³/mol. The van der Waals surface area contributed by atoms with Crippen LogP contribution in [0.15, 0.2) is 40.7 Å². The number of nitrogens with zero attached hydrogens (tertiary/aromatic N) is 1. The Kier molecular flexibility index (Phi) is 3.24. The van der Waals surface area contributed by atoms with E-state index in [1.54, 1.807) is 18.8 Å². The molecule has 0 saturated heterocycles. The molecule has 88 valence electrons. The van der Waals surface area contributed by atoms with Gasteiger partial charge in [0.25, 0.3) is 0 Å². The van der Waals surface area contributed by atoms with Gasteiger partial charge in [-0.1, -0.05) is 30.5 Å². The minimum Gasteiger partial charge on any atom is -0.397 e. The minimum absolute atomic E-state index is 0.754. The zero-order chi connectivity index (χ0) is 12.4. The number of anilines is 1. The number of rotatable bonds is 2. The van der Waals surface area contributed by atoms with Crippen LogP contribution in [-0.2, 0) is 0 Å². The van der Waals surface area contributed by atoms with Gasteiger partial charge in [-0.3, -0.25) is 4.99 Å². The highest BCUT2D eigenvalue weighted by Crippen LogP contribution is 2.25. The summed E-state index contributed by atoms with van der Waals surface area (Å²) in [6.07, 6.45) is 0. The molecule has 0 atom stereocenters. The molecule has 1 aromatic carbocycles. The van der Waals surface area contributed by atoms with E-state index in [4.69, 9.17) is 5.73 Å². The number of allylic oxidation sites excluding steroid dienone is 1. The van der Waals surface area contributed by atoms with E-state index in [0.29, 0.717) is 0 Å². The zero-order valence-corrected chi connectivity index (χ0v) is 10.8. The van der Waals surface area contributed by atoms with Gasteiger partial charge in [0.05, 0.1) is 16.9 Å². The highest BCUT2D eigenvalue weighted by atomic mass is 32.2. The number of nitrogens with two attached hydrogens (primary N) is 1. The Bertz CT molecular complexity index is 596. The fraction of sp³-hybridized carbons (Fsp3) is 0.154. The Balaban J connectivity index is 2.49. The van der Waals surface area contributed by atoms with Gasteiger partial charge in [0.1, 0.15) is 5.04 Å². The first-order valence-electron chi connectivity index (χ1n) is 5.29. The molecule has 0 saturated carbocycles. The third-order valence-corrected chi connectivity index (χ3v) is 3.34. The third-order valence-electron chi connectivity index (χ3n) is 2.39. The van der Waals surface area contributed by atoms with Crippen molar-refractivity contribution >= 4 is 33.4 Å². The number of aromatic amines is 1. The molecule has 0 amide bonds. The lowest BCUT2D eigenvalue weighted by Crippen LogP contribution is -1.95. The van der Waals surface area contributed by atoms with Gasteiger partial charge in [-0.05, 0) is 24.0 Å². The van der Waals surface area contributed by atoms with Gasteiger partial charge in [-0.15, -0.1) is 0 Å². The van der Waals surface area contributed by atoms with Crippen LogP contribution in [-0.4, -0.2) is 17.1 Å². The van der Waals surface area contributed by atoms with E-state index in [0.717, 1.165) is 32.2 Å². The van der Waals surface area contributed by atoms with Crippen molar-refractivity contribution in [2.45, 2.75) is 6.92 Å². The van der Waals surface area contributed by atoms with Crippen LogP contribution in [0.2, 0.25) is 0 Å². The second-order valence-corrected chi connectivity index (χ2v) is 5.12. The number of fused-ring (bicyclic) bond motifs is 1. The Morgan fingerprint density at radius 3 is 2.82 bits per heavy atom. The lowest BCUT2D eigenvalue weighted by atomic mass is 10.2. The van der Waals surface area contributed by atoms with Crippen LogP contribution < -0.4 is 5.73 Å². The summed E-state index contributed by atoms with van der Waals surface area (Å²) in [7, 11) is 1.78. The number of para-hydroxylation sites is 1. The van der Waals surface area contributed by atoms with Crippen LogP contribution in [0, 0.1) is 0 Å². The van der Waals surface area contributed by atoms with Gasteiger partial charge in [-0.2, -0.15) is 0 Å². The summed E-state index contributed by atoms with van der Waals surface area (Å²) in [6, 6.07) is 7.93. The van der Waals surface area contributed by atoms with Crippen molar-refractivity contribution in [1.29, 1.82) is 0 Å². The van der Waals surface area contributed by atoms with E-state index in [2.05, 4.69) is 22.6 Å². The molecule has 2 rings (SSSR count). The molecule has 1 heterocycles. The van der Waals surface area contributed by atoms with Crippen molar-refractivity contribution in [1.82, 2.24) is 4.98 Å². The lowest BCUT2D eigenvalue weighted by molar-refractivity contribution is 1.39. The Morgan fingerprint density at radius 2 is 2.24 bits per heavy atom. The molecule has 3 nitrogen and oxygen atoms in total. The molecule has 4 heteroatoms. The van der Waals surface area contributed by atoms with E-state index in [1.807, 2.05) is 25.1 Å². The third kappa shape index (κ3) is 2.36. The van der Waals surface area contributed by atoms with Gasteiger partial charge < -0.3 is 10.7 Å². The summed E-state index contributed by atoms with van der Waals surface area (Å²) in [5.41, 5.74) is 8.61. The van der Waals surface area contributed by atoms with Gasteiger partial charge in [0, 0.05) is 12.4 Å². The van der Waals surface area contributed by atoms with Crippen molar-refractivity contribution < 1.29 is 0 Å². The molecule has 0 aliphatic rings. The lowest BCUT2D eigenvalue weighted by Gasteiger charge is -2.01. The Labute approximate surface area is 105 Å². The topological polar surface area (TPSA) is 54.2 Å². The van der Waals surface area contributed by atoms with Gasteiger partial charge in [-0.25, -0.2) is 0 Å². The maximum atomic E-state index is 5.92.